The molecule has 202 valence electrons. The number of piperazine rings is 1. The van der Waals surface area contributed by atoms with Crippen LogP contribution in [-0.2, 0) is 25.5 Å². The van der Waals surface area contributed by atoms with Crippen LogP contribution in [0.1, 0.15) is 56.5 Å². The number of ether oxygens (including phenoxy) is 3. The van der Waals surface area contributed by atoms with Crippen LogP contribution >= 0.6 is 0 Å². The van der Waals surface area contributed by atoms with Gasteiger partial charge in [0.1, 0.15) is 17.8 Å². The molecule has 2 aliphatic rings. The average molecular weight is 520 g/mol. The Kier molecular flexibility index (Phi) is 8.00. The Bertz CT molecular complexity index is 1280. The van der Waals surface area contributed by atoms with Gasteiger partial charge in [-0.3, -0.25) is 9.59 Å². The summed E-state index contributed by atoms with van der Waals surface area (Å²) in [6, 6.07) is 15.0. The minimum absolute atomic E-state index is 0.0104. The molecule has 1 N–H and O–H groups in total. The van der Waals surface area contributed by atoms with Crippen molar-refractivity contribution >= 4 is 22.7 Å². The zero-order chi connectivity index (χ0) is 26.6. The summed E-state index contributed by atoms with van der Waals surface area (Å²) in [5.74, 6) is 0.663. The molecular formula is C30H37N3O5. The molecule has 0 radical (unpaired) electrons. The maximum absolute atomic E-state index is 13.9. The summed E-state index contributed by atoms with van der Waals surface area (Å²) >= 11 is 0. The van der Waals surface area contributed by atoms with Crippen molar-refractivity contribution in [2.24, 2.45) is 0 Å². The van der Waals surface area contributed by atoms with E-state index in [1.807, 2.05) is 63.2 Å². The fourth-order valence-electron chi connectivity index (χ4n) is 5.87. The molecule has 2 aliphatic heterocycles. The van der Waals surface area contributed by atoms with E-state index in [-0.39, 0.29) is 24.6 Å². The molecule has 0 aliphatic carbocycles. The summed E-state index contributed by atoms with van der Waals surface area (Å²) in [5, 5.41) is 1.09. The Morgan fingerprint density at radius 2 is 1.71 bits per heavy atom. The predicted molar refractivity (Wildman–Crippen MR) is 145 cm³/mol. The molecule has 5 rings (SSSR count). The molecule has 1 fully saturated rings. The van der Waals surface area contributed by atoms with E-state index in [4.69, 9.17) is 14.2 Å². The highest BCUT2D eigenvalue weighted by Gasteiger charge is 2.48. The van der Waals surface area contributed by atoms with Gasteiger partial charge in [-0.05, 0) is 44.9 Å². The summed E-state index contributed by atoms with van der Waals surface area (Å²) in [4.78, 5) is 34.8. The first-order valence-electron chi connectivity index (χ1n) is 13.7. The van der Waals surface area contributed by atoms with Crippen LogP contribution in [0.2, 0.25) is 0 Å². The van der Waals surface area contributed by atoms with Crippen LogP contribution in [0, 0.1) is 0 Å². The van der Waals surface area contributed by atoms with Gasteiger partial charge in [0.05, 0.1) is 13.2 Å². The first kappa shape index (κ1) is 26.3. The summed E-state index contributed by atoms with van der Waals surface area (Å²) in [7, 11) is 0. The lowest BCUT2D eigenvalue weighted by Gasteiger charge is -2.47. The maximum Gasteiger partial charge on any atom is 0.246 e. The first-order valence-corrected chi connectivity index (χ1v) is 13.7. The van der Waals surface area contributed by atoms with Crippen molar-refractivity contribution in [2.45, 2.75) is 58.4 Å². The van der Waals surface area contributed by atoms with E-state index in [1.165, 1.54) is 0 Å². The van der Waals surface area contributed by atoms with E-state index in [1.54, 1.807) is 9.80 Å². The van der Waals surface area contributed by atoms with Crippen molar-refractivity contribution in [2.75, 3.05) is 32.9 Å². The summed E-state index contributed by atoms with van der Waals surface area (Å²) in [5.41, 5.74) is 3.94. The Morgan fingerprint density at radius 1 is 0.974 bits per heavy atom. The van der Waals surface area contributed by atoms with Gasteiger partial charge in [0, 0.05) is 54.8 Å². The summed E-state index contributed by atoms with van der Waals surface area (Å²) < 4.78 is 17.3. The molecule has 1 saturated heterocycles. The van der Waals surface area contributed by atoms with Crippen molar-refractivity contribution in [3.8, 4) is 5.75 Å². The topological polar surface area (TPSA) is 84.1 Å². The van der Waals surface area contributed by atoms with Crippen LogP contribution in [0.25, 0.3) is 10.9 Å². The van der Waals surface area contributed by atoms with E-state index in [2.05, 4.69) is 11.1 Å². The van der Waals surface area contributed by atoms with Crippen molar-refractivity contribution in [3.63, 3.8) is 0 Å². The molecule has 2 aromatic carbocycles. The van der Waals surface area contributed by atoms with Gasteiger partial charge in [-0.15, -0.1) is 0 Å². The fraction of sp³-hybridized carbons (Fsp3) is 0.467. The third-order valence-corrected chi connectivity index (χ3v) is 7.43. The molecule has 38 heavy (non-hydrogen) atoms. The minimum Gasteiger partial charge on any atom is -0.494 e. The third kappa shape index (κ3) is 4.90. The minimum atomic E-state index is -0.572. The standard InChI is InChI=1S/C30H37N3O5/c1-4-36-25-15-10-8-13-21(25)29-28-22(20-12-7-9-14-23(20)31-28)18-24-30(35)32(19-26(34)33(24)29)17-11-16-27(37-5-2)38-6-3/h7-10,12-15,24,27,29,31H,4-6,11,16-19H2,1-3H3/t24-,29-/m0/s1. The van der Waals surface area contributed by atoms with Crippen LogP contribution in [0.5, 0.6) is 5.75 Å². The van der Waals surface area contributed by atoms with Gasteiger partial charge < -0.3 is 29.0 Å². The molecular weight excluding hydrogens is 482 g/mol. The van der Waals surface area contributed by atoms with Crippen LogP contribution in [-0.4, -0.2) is 71.8 Å². The molecule has 0 unspecified atom stereocenters. The van der Waals surface area contributed by atoms with Crippen molar-refractivity contribution in [1.29, 1.82) is 0 Å². The van der Waals surface area contributed by atoms with Crippen molar-refractivity contribution in [1.82, 2.24) is 14.8 Å². The second-order valence-electron chi connectivity index (χ2n) is 9.70. The number of aromatic amines is 1. The lowest BCUT2D eigenvalue weighted by Crippen LogP contribution is -2.63. The number of fused-ring (bicyclic) bond motifs is 4. The predicted octanol–water partition coefficient (Wildman–Crippen LogP) is 4.43. The van der Waals surface area contributed by atoms with Gasteiger partial charge in [0.2, 0.25) is 11.8 Å². The van der Waals surface area contributed by atoms with E-state index in [9.17, 15) is 9.59 Å². The molecule has 8 nitrogen and oxygen atoms in total. The zero-order valence-corrected chi connectivity index (χ0v) is 22.4. The number of amides is 2. The van der Waals surface area contributed by atoms with E-state index in [0.717, 1.165) is 33.5 Å². The second kappa shape index (κ2) is 11.6. The van der Waals surface area contributed by atoms with Crippen molar-refractivity contribution in [3.05, 3.63) is 65.4 Å². The number of aromatic nitrogens is 1. The molecule has 3 aromatic rings. The van der Waals surface area contributed by atoms with Gasteiger partial charge >= 0.3 is 0 Å². The van der Waals surface area contributed by atoms with E-state index < -0.39 is 12.1 Å². The smallest absolute Gasteiger partial charge is 0.246 e. The third-order valence-electron chi connectivity index (χ3n) is 7.43. The number of nitrogens with zero attached hydrogens (tertiary/aromatic N) is 2. The number of nitrogens with one attached hydrogen (secondary N) is 1. The molecule has 0 spiro atoms. The number of hydrogen-bond acceptors (Lipinski definition) is 5. The molecule has 2 atom stereocenters. The second-order valence-corrected chi connectivity index (χ2v) is 9.70. The highest BCUT2D eigenvalue weighted by atomic mass is 16.7. The Morgan fingerprint density at radius 3 is 2.47 bits per heavy atom. The molecule has 0 saturated carbocycles. The Balaban J connectivity index is 1.48. The zero-order valence-electron chi connectivity index (χ0n) is 22.4. The number of rotatable bonds is 11. The molecule has 8 heteroatoms. The number of carbonyl (C=O) groups is 2. The van der Waals surface area contributed by atoms with Crippen LogP contribution in [0.4, 0.5) is 0 Å². The van der Waals surface area contributed by atoms with Crippen molar-refractivity contribution < 1.29 is 23.8 Å². The maximum atomic E-state index is 13.9. The Labute approximate surface area is 223 Å². The van der Waals surface area contributed by atoms with Gasteiger partial charge in [0.15, 0.2) is 6.29 Å². The van der Waals surface area contributed by atoms with E-state index >= 15 is 0 Å². The summed E-state index contributed by atoms with van der Waals surface area (Å²) in [6.07, 6.45) is 1.56. The number of hydrogen-bond donors (Lipinski definition) is 1. The summed E-state index contributed by atoms with van der Waals surface area (Å²) in [6.45, 7) is 8.03. The number of para-hydroxylation sites is 2. The highest BCUT2D eigenvalue weighted by molar-refractivity contribution is 5.97. The van der Waals surface area contributed by atoms with Gasteiger partial charge in [0.25, 0.3) is 0 Å². The van der Waals surface area contributed by atoms with Crippen LogP contribution < -0.4 is 4.74 Å². The molecule has 0 bridgehead atoms. The molecule has 1 aromatic heterocycles. The Hall–Kier alpha value is -3.36. The molecule has 2 amide bonds. The number of carbonyl (C=O) groups excluding carboxylic acids is 2. The lowest BCUT2D eigenvalue weighted by atomic mass is 9.86. The van der Waals surface area contributed by atoms with Gasteiger partial charge in [-0.2, -0.15) is 0 Å². The highest BCUT2D eigenvalue weighted by Crippen LogP contribution is 2.44. The van der Waals surface area contributed by atoms with Crippen LogP contribution in [0.15, 0.2) is 48.5 Å². The van der Waals surface area contributed by atoms with Gasteiger partial charge in [-0.25, -0.2) is 0 Å². The van der Waals surface area contributed by atoms with Gasteiger partial charge in [-0.1, -0.05) is 36.4 Å². The number of benzene rings is 2. The van der Waals surface area contributed by atoms with Crippen LogP contribution in [0.3, 0.4) is 0 Å². The molecule has 3 heterocycles. The average Bonchev–Trinajstić information content (AvgIpc) is 3.29. The normalized spacial score (nSPS) is 19.3. The quantitative estimate of drug-likeness (QED) is 0.379. The SMILES string of the molecule is CCOc1ccccc1[C@H]1c2[nH]c3ccccc3c2C[C@H]2C(=O)N(CCCC(OCC)OCC)CC(=O)N12. The lowest BCUT2D eigenvalue weighted by molar-refractivity contribution is -0.159. The first-order chi connectivity index (χ1) is 18.6. The largest absolute Gasteiger partial charge is 0.494 e. The number of H-pyrrole nitrogens is 1. The monoisotopic (exact) mass is 519 g/mol. The van der Waals surface area contributed by atoms with E-state index in [0.29, 0.717) is 45.6 Å². The fourth-order valence-corrected chi connectivity index (χ4v) is 5.87.